The van der Waals surface area contributed by atoms with Gasteiger partial charge in [0.1, 0.15) is 17.7 Å². The standard InChI is InChI=1S/C19H21N3O3S/c1-3-22-9-8-13-14(10-22)26-18-15(13)17(23)20-16(21-18)11-4-6-12(7-5-11)19(24)25-2/h4-7,16,21H,3,8-10H2,1-2H3,(H,20,23)/p+1/t16-/m0/s1. The summed E-state index contributed by atoms with van der Waals surface area (Å²) in [5.74, 6) is -0.383. The van der Waals surface area contributed by atoms with E-state index in [9.17, 15) is 9.59 Å². The van der Waals surface area contributed by atoms with Crippen LogP contribution in [0.1, 0.15) is 49.8 Å². The summed E-state index contributed by atoms with van der Waals surface area (Å²) < 4.78 is 4.72. The van der Waals surface area contributed by atoms with E-state index in [1.165, 1.54) is 17.6 Å². The molecule has 0 bridgehead atoms. The van der Waals surface area contributed by atoms with Crippen LogP contribution in [0, 0.1) is 0 Å². The highest BCUT2D eigenvalue weighted by atomic mass is 32.1. The van der Waals surface area contributed by atoms with Gasteiger partial charge < -0.3 is 20.3 Å². The maximum Gasteiger partial charge on any atom is 0.337 e. The fourth-order valence-corrected chi connectivity index (χ4v) is 4.99. The first-order valence-corrected chi connectivity index (χ1v) is 9.66. The first kappa shape index (κ1) is 17.1. The lowest BCUT2D eigenvalue weighted by atomic mass is 10.00. The average molecular weight is 372 g/mol. The number of rotatable bonds is 3. The van der Waals surface area contributed by atoms with Crippen LogP contribution in [0.2, 0.25) is 0 Å². The van der Waals surface area contributed by atoms with Gasteiger partial charge in [-0.1, -0.05) is 12.1 Å². The summed E-state index contributed by atoms with van der Waals surface area (Å²) in [7, 11) is 1.36. The molecule has 0 saturated heterocycles. The molecule has 0 spiro atoms. The van der Waals surface area contributed by atoms with Crippen molar-refractivity contribution in [2.24, 2.45) is 0 Å². The number of ether oxygens (including phenoxy) is 1. The monoisotopic (exact) mass is 372 g/mol. The predicted octanol–water partition coefficient (Wildman–Crippen LogP) is 1.35. The Kier molecular flexibility index (Phi) is 4.42. The third-order valence-corrected chi connectivity index (χ3v) is 6.34. The summed E-state index contributed by atoms with van der Waals surface area (Å²) in [4.78, 5) is 27.2. The molecule has 3 heterocycles. The molecule has 0 fully saturated rings. The van der Waals surface area contributed by atoms with Gasteiger partial charge in [0, 0.05) is 6.42 Å². The highest BCUT2D eigenvalue weighted by Gasteiger charge is 2.34. The third kappa shape index (κ3) is 2.87. The van der Waals surface area contributed by atoms with E-state index in [-0.39, 0.29) is 18.0 Å². The normalized spacial score (nSPS) is 21.2. The van der Waals surface area contributed by atoms with E-state index in [1.807, 2.05) is 12.1 Å². The number of nitrogens with one attached hydrogen (secondary N) is 3. The Morgan fingerprint density at radius 2 is 2.08 bits per heavy atom. The largest absolute Gasteiger partial charge is 0.465 e. The number of hydrogen-bond donors (Lipinski definition) is 3. The highest BCUT2D eigenvalue weighted by molar-refractivity contribution is 7.16. The van der Waals surface area contributed by atoms with Crippen LogP contribution >= 0.6 is 11.3 Å². The Hall–Kier alpha value is -2.38. The second-order valence-electron chi connectivity index (χ2n) is 6.65. The molecule has 2 aliphatic rings. The van der Waals surface area contributed by atoms with Crippen molar-refractivity contribution in [2.75, 3.05) is 25.5 Å². The van der Waals surface area contributed by atoms with Gasteiger partial charge in [0.25, 0.3) is 5.91 Å². The third-order valence-electron chi connectivity index (χ3n) is 5.17. The number of hydrogen-bond acceptors (Lipinski definition) is 5. The lowest BCUT2D eigenvalue weighted by Crippen LogP contribution is -3.11. The molecule has 2 aromatic rings. The Morgan fingerprint density at radius 3 is 2.77 bits per heavy atom. The second-order valence-corrected chi connectivity index (χ2v) is 7.76. The summed E-state index contributed by atoms with van der Waals surface area (Å²) in [5, 5.41) is 7.46. The number of benzene rings is 1. The van der Waals surface area contributed by atoms with Gasteiger partial charge in [0.05, 0.1) is 36.2 Å². The number of anilines is 1. The van der Waals surface area contributed by atoms with E-state index in [2.05, 4.69) is 17.6 Å². The van der Waals surface area contributed by atoms with Crippen LogP contribution in [0.3, 0.4) is 0 Å². The Balaban J connectivity index is 1.60. The number of thiophene rings is 1. The molecule has 1 amide bonds. The molecule has 0 saturated carbocycles. The summed E-state index contributed by atoms with van der Waals surface area (Å²) in [6.45, 7) is 5.39. The molecule has 3 N–H and O–H groups in total. The molecule has 0 aliphatic carbocycles. The number of likely N-dealkylation sites (N-methyl/N-ethyl adjacent to an activating group) is 1. The number of fused-ring (bicyclic) bond motifs is 3. The van der Waals surface area contributed by atoms with Gasteiger partial charge >= 0.3 is 5.97 Å². The van der Waals surface area contributed by atoms with Gasteiger partial charge in [-0.2, -0.15) is 0 Å². The van der Waals surface area contributed by atoms with E-state index in [4.69, 9.17) is 4.74 Å². The summed E-state index contributed by atoms with van der Waals surface area (Å²) in [6.07, 6.45) is 0.661. The smallest absolute Gasteiger partial charge is 0.337 e. The highest BCUT2D eigenvalue weighted by Crippen LogP contribution is 2.38. The minimum Gasteiger partial charge on any atom is -0.465 e. The van der Waals surface area contributed by atoms with Crippen molar-refractivity contribution in [1.82, 2.24) is 5.32 Å². The fourth-order valence-electron chi connectivity index (χ4n) is 3.65. The zero-order valence-electron chi connectivity index (χ0n) is 14.8. The Bertz CT molecular complexity index is 860. The minimum absolute atomic E-state index is 0.0155. The Morgan fingerprint density at radius 1 is 1.31 bits per heavy atom. The maximum atomic E-state index is 12.7. The van der Waals surface area contributed by atoms with Crippen molar-refractivity contribution in [1.29, 1.82) is 0 Å². The molecule has 7 heteroatoms. The van der Waals surface area contributed by atoms with Crippen LogP contribution in [-0.4, -0.2) is 32.1 Å². The first-order valence-electron chi connectivity index (χ1n) is 8.84. The quantitative estimate of drug-likeness (QED) is 0.712. The molecule has 1 aromatic heterocycles. The molecule has 26 heavy (non-hydrogen) atoms. The van der Waals surface area contributed by atoms with Crippen molar-refractivity contribution in [3.8, 4) is 0 Å². The summed E-state index contributed by atoms with van der Waals surface area (Å²) >= 11 is 1.70. The van der Waals surface area contributed by atoms with E-state index >= 15 is 0 Å². The summed E-state index contributed by atoms with van der Waals surface area (Å²) in [6, 6.07) is 7.11. The first-order chi connectivity index (χ1) is 12.6. The second kappa shape index (κ2) is 6.74. The van der Waals surface area contributed by atoms with Gasteiger partial charge in [0.2, 0.25) is 0 Å². The number of amides is 1. The van der Waals surface area contributed by atoms with Gasteiger partial charge in [-0.3, -0.25) is 4.79 Å². The topological polar surface area (TPSA) is 71.9 Å². The van der Waals surface area contributed by atoms with Gasteiger partial charge in [-0.25, -0.2) is 4.79 Å². The van der Waals surface area contributed by atoms with Gasteiger partial charge in [0.15, 0.2) is 0 Å². The average Bonchev–Trinajstić information content (AvgIpc) is 3.05. The molecule has 0 radical (unpaired) electrons. The molecule has 2 atom stereocenters. The van der Waals surface area contributed by atoms with Crippen molar-refractivity contribution in [3.05, 3.63) is 51.4 Å². The lowest BCUT2D eigenvalue weighted by molar-refractivity contribution is -0.913. The predicted molar refractivity (Wildman–Crippen MR) is 99.7 cm³/mol. The van der Waals surface area contributed by atoms with Crippen molar-refractivity contribution in [3.63, 3.8) is 0 Å². The molecule has 1 aromatic carbocycles. The van der Waals surface area contributed by atoms with Gasteiger partial charge in [-0.05, 0) is 30.2 Å². The van der Waals surface area contributed by atoms with Crippen LogP contribution in [0.15, 0.2) is 24.3 Å². The van der Waals surface area contributed by atoms with Crippen LogP contribution < -0.4 is 15.5 Å². The fraction of sp³-hybridized carbons (Fsp3) is 0.368. The van der Waals surface area contributed by atoms with E-state index < -0.39 is 0 Å². The Labute approximate surface area is 156 Å². The van der Waals surface area contributed by atoms with Crippen molar-refractivity contribution in [2.45, 2.75) is 26.1 Å². The molecule has 136 valence electrons. The van der Waals surface area contributed by atoms with E-state index in [0.29, 0.717) is 5.56 Å². The zero-order valence-corrected chi connectivity index (χ0v) is 15.7. The van der Waals surface area contributed by atoms with Gasteiger partial charge in [-0.15, -0.1) is 11.3 Å². The molecular weight excluding hydrogens is 350 g/mol. The zero-order chi connectivity index (χ0) is 18.3. The number of quaternary nitrogens is 1. The van der Waals surface area contributed by atoms with E-state index in [1.54, 1.807) is 28.4 Å². The van der Waals surface area contributed by atoms with Crippen LogP contribution in [0.25, 0.3) is 0 Å². The van der Waals surface area contributed by atoms with Crippen LogP contribution in [0.5, 0.6) is 0 Å². The SMILES string of the molecule is CC[NH+]1CCc2c(sc3c2C(=O)N[C@H](c2ccc(C(=O)OC)cc2)N3)C1. The molecule has 4 rings (SSSR count). The van der Waals surface area contributed by atoms with Crippen molar-refractivity contribution >= 4 is 28.2 Å². The number of carbonyl (C=O) groups is 2. The molecular formula is C19H22N3O3S+. The number of esters is 1. The lowest BCUT2D eigenvalue weighted by Gasteiger charge is -2.27. The summed E-state index contributed by atoms with van der Waals surface area (Å²) in [5.41, 5.74) is 3.44. The van der Waals surface area contributed by atoms with Crippen LogP contribution in [0.4, 0.5) is 5.00 Å². The molecule has 2 aliphatic heterocycles. The number of methoxy groups -OCH3 is 1. The maximum absolute atomic E-state index is 12.7. The van der Waals surface area contributed by atoms with E-state index in [0.717, 1.165) is 42.2 Å². The number of carbonyl (C=O) groups excluding carboxylic acids is 2. The van der Waals surface area contributed by atoms with Crippen LogP contribution in [-0.2, 0) is 17.7 Å². The van der Waals surface area contributed by atoms with Crippen molar-refractivity contribution < 1.29 is 19.2 Å². The molecule has 6 nitrogen and oxygen atoms in total. The molecule has 1 unspecified atom stereocenters. The minimum atomic E-state index is -0.367.